The lowest BCUT2D eigenvalue weighted by Gasteiger charge is -2.14. The van der Waals surface area contributed by atoms with Crippen LogP contribution in [-0.2, 0) is 0 Å². The molecule has 5 heteroatoms. The Morgan fingerprint density at radius 3 is 2.24 bits per heavy atom. The fourth-order valence-corrected chi connectivity index (χ4v) is 2.44. The van der Waals surface area contributed by atoms with E-state index in [1.165, 1.54) is 4.90 Å². The third-order valence-electron chi connectivity index (χ3n) is 2.64. The molecule has 0 N–H and O–H groups in total. The van der Waals surface area contributed by atoms with Crippen LogP contribution in [0.3, 0.4) is 0 Å². The number of hydrogen-bond acceptors (Lipinski definition) is 2. The smallest absolute Gasteiger partial charge is 0.267 e. The summed E-state index contributed by atoms with van der Waals surface area (Å²) in [6.07, 6.45) is 2.24. The summed E-state index contributed by atoms with van der Waals surface area (Å²) in [4.78, 5) is 25.3. The van der Waals surface area contributed by atoms with Crippen LogP contribution in [0.15, 0.2) is 36.3 Å². The van der Waals surface area contributed by atoms with Crippen LogP contribution in [0.25, 0.3) is 0 Å². The van der Waals surface area contributed by atoms with Gasteiger partial charge in [-0.25, -0.2) is 0 Å². The van der Waals surface area contributed by atoms with E-state index in [0.717, 1.165) is 0 Å². The SMILES string of the molecule is CC=CB(Br)CN1C(=O)c2ccccc2C1=O. The molecule has 1 aliphatic heterocycles. The van der Waals surface area contributed by atoms with E-state index in [-0.39, 0.29) is 17.4 Å². The van der Waals surface area contributed by atoms with Gasteiger partial charge in [-0.3, -0.25) is 14.5 Å². The van der Waals surface area contributed by atoms with Crippen molar-refractivity contribution in [3.05, 3.63) is 47.4 Å². The molecule has 0 fully saturated rings. The van der Waals surface area contributed by atoms with Crippen LogP contribution in [0.5, 0.6) is 0 Å². The lowest BCUT2D eigenvalue weighted by molar-refractivity contribution is 0.0680. The molecule has 0 radical (unpaired) electrons. The maximum Gasteiger partial charge on any atom is 0.267 e. The van der Waals surface area contributed by atoms with E-state index in [4.69, 9.17) is 0 Å². The molecule has 1 aromatic carbocycles. The third kappa shape index (κ3) is 2.20. The van der Waals surface area contributed by atoms with Crippen molar-refractivity contribution in [1.29, 1.82) is 0 Å². The lowest BCUT2D eigenvalue weighted by atomic mass is 9.77. The molecular weight excluding hydrogens is 281 g/mol. The van der Waals surface area contributed by atoms with Crippen molar-refractivity contribution >= 4 is 33.1 Å². The zero-order valence-electron chi connectivity index (χ0n) is 9.39. The van der Waals surface area contributed by atoms with Crippen LogP contribution in [0.2, 0.25) is 0 Å². The molecule has 2 rings (SSSR count). The molecule has 0 spiro atoms. The van der Waals surface area contributed by atoms with Gasteiger partial charge in [-0.1, -0.05) is 18.2 Å². The van der Waals surface area contributed by atoms with E-state index in [1.54, 1.807) is 24.3 Å². The average molecular weight is 292 g/mol. The number of rotatable bonds is 3. The minimum Gasteiger partial charge on any atom is -0.280 e. The van der Waals surface area contributed by atoms with Gasteiger partial charge in [0.15, 0.2) is 0 Å². The Kier molecular flexibility index (Phi) is 3.47. The molecule has 0 atom stereocenters. The summed E-state index contributed by atoms with van der Waals surface area (Å²) in [5, 5.41) is 0. The van der Waals surface area contributed by atoms with Crippen molar-refractivity contribution in [2.75, 3.05) is 6.44 Å². The molecule has 17 heavy (non-hydrogen) atoms. The minimum absolute atomic E-state index is 0.00490. The van der Waals surface area contributed by atoms with Gasteiger partial charge in [0, 0.05) is 6.44 Å². The number of benzene rings is 1. The van der Waals surface area contributed by atoms with E-state index < -0.39 is 0 Å². The zero-order chi connectivity index (χ0) is 12.4. The Hall–Kier alpha value is -1.36. The first-order valence-electron chi connectivity index (χ1n) is 5.37. The molecule has 0 aliphatic carbocycles. The summed E-state index contributed by atoms with van der Waals surface area (Å²) < 4.78 is 0. The first-order valence-corrected chi connectivity index (χ1v) is 6.29. The van der Waals surface area contributed by atoms with Crippen LogP contribution in [0.4, 0.5) is 0 Å². The number of carbonyl (C=O) groups is 2. The number of hydrogen-bond donors (Lipinski definition) is 0. The molecule has 1 aromatic rings. The van der Waals surface area contributed by atoms with Crippen molar-refractivity contribution in [1.82, 2.24) is 4.90 Å². The quantitative estimate of drug-likeness (QED) is 0.633. The maximum absolute atomic E-state index is 12.0. The Morgan fingerprint density at radius 1 is 1.24 bits per heavy atom. The Bertz CT molecular complexity index is 466. The van der Waals surface area contributed by atoms with Gasteiger partial charge in [-0.15, -0.1) is 21.7 Å². The average Bonchev–Trinajstić information content (AvgIpc) is 2.56. The Morgan fingerprint density at radius 2 is 1.76 bits per heavy atom. The maximum atomic E-state index is 12.0. The molecule has 1 heterocycles. The number of nitrogens with zero attached hydrogens (tertiary/aromatic N) is 1. The van der Waals surface area contributed by atoms with Crippen LogP contribution in [-0.4, -0.2) is 28.7 Å². The monoisotopic (exact) mass is 291 g/mol. The highest BCUT2D eigenvalue weighted by atomic mass is 79.9. The van der Waals surface area contributed by atoms with E-state index in [2.05, 4.69) is 15.8 Å². The first-order chi connectivity index (χ1) is 8.15. The highest BCUT2D eigenvalue weighted by Crippen LogP contribution is 2.22. The predicted octanol–water partition coefficient (Wildman–Crippen LogP) is 2.32. The van der Waals surface area contributed by atoms with Gasteiger partial charge >= 0.3 is 0 Å². The van der Waals surface area contributed by atoms with Gasteiger partial charge in [0.1, 0.15) is 0 Å². The molecule has 1 aliphatic rings. The van der Waals surface area contributed by atoms with Crippen molar-refractivity contribution < 1.29 is 9.59 Å². The van der Waals surface area contributed by atoms with Crippen molar-refractivity contribution in [2.45, 2.75) is 6.92 Å². The highest BCUT2D eigenvalue weighted by molar-refractivity contribution is 9.24. The summed E-state index contributed by atoms with van der Waals surface area (Å²) in [6.45, 7) is 1.90. The van der Waals surface area contributed by atoms with Crippen molar-refractivity contribution in [2.24, 2.45) is 0 Å². The van der Waals surface area contributed by atoms with E-state index in [1.807, 2.05) is 19.0 Å². The lowest BCUT2D eigenvalue weighted by Crippen LogP contribution is -2.36. The molecule has 86 valence electrons. The third-order valence-corrected chi connectivity index (χ3v) is 3.23. The van der Waals surface area contributed by atoms with Gasteiger partial charge in [-0.2, -0.15) is 0 Å². The van der Waals surface area contributed by atoms with Gasteiger partial charge in [0.2, 0.25) is 0 Å². The number of amides is 2. The second-order valence-corrected chi connectivity index (χ2v) is 4.98. The van der Waals surface area contributed by atoms with E-state index in [9.17, 15) is 9.59 Å². The molecule has 2 amide bonds. The zero-order valence-corrected chi connectivity index (χ0v) is 11.0. The topological polar surface area (TPSA) is 37.4 Å². The fourth-order valence-electron chi connectivity index (χ4n) is 1.85. The minimum atomic E-state index is -0.209. The van der Waals surface area contributed by atoms with Crippen LogP contribution < -0.4 is 0 Å². The van der Waals surface area contributed by atoms with Crippen LogP contribution in [0.1, 0.15) is 27.6 Å². The van der Waals surface area contributed by atoms with Gasteiger partial charge in [0.25, 0.3) is 17.4 Å². The first kappa shape index (κ1) is 12.1. The van der Waals surface area contributed by atoms with Gasteiger partial charge in [0.05, 0.1) is 11.1 Å². The largest absolute Gasteiger partial charge is 0.280 e. The molecule has 0 saturated carbocycles. The number of carbonyl (C=O) groups excluding carboxylic acids is 2. The predicted molar refractivity (Wildman–Crippen MR) is 71.3 cm³/mol. The number of halogens is 1. The molecule has 0 unspecified atom stereocenters. The molecular formula is C12H11BBrNO2. The summed E-state index contributed by atoms with van der Waals surface area (Å²) in [5.74, 6) is 1.49. The summed E-state index contributed by atoms with van der Waals surface area (Å²) in [6, 6.07) is 6.92. The van der Waals surface area contributed by atoms with Crippen molar-refractivity contribution in [3.8, 4) is 0 Å². The molecule has 0 aromatic heterocycles. The Balaban J connectivity index is 2.24. The molecule has 0 bridgehead atoms. The number of allylic oxidation sites excluding steroid dienone is 1. The van der Waals surface area contributed by atoms with Crippen molar-refractivity contribution in [3.63, 3.8) is 0 Å². The van der Waals surface area contributed by atoms with Gasteiger partial charge in [-0.05, 0) is 19.1 Å². The number of imide groups is 1. The van der Waals surface area contributed by atoms with E-state index >= 15 is 0 Å². The summed E-state index contributed by atoms with van der Waals surface area (Å²) in [7, 11) is 0. The van der Waals surface area contributed by atoms with E-state index in [0.29, 0.717) is 17.6 Å². The van der Waals surface area contributed by atoms with Crippen LogP contribution in [0, 0.1) is 0 Å². The number of fused-ring (bicyclic) bond motifs is 1. The summed E-state index contributed by atoms with van der Waals surface area (Å²) in [5.41, 5.74) is 0.991. The standard InChI is InChI=1S/C12H11BBrNO2/c1-2-7-13(14)8-15-11(16)9-5-3-4-6-10(9)12(15)17/h2-7H,8H2,1H3. The highest BCUT2D eigenvalue weighted by Gasteiger charge is 2.35. The fraction of sp³-hybridized carbons (Fsp3) is 0.167. The second-order valence-electron chi connectivity index (χ2n) is 3.81. The molecule has 0 saturated heterocycles. The van der Waals surface area contributed by atoms with Crippen LogP contribution >= 0.6 is 15.8 Å². The normalized spacial score (nSPS) is 14.6. The second kappa shape index (κ2) is 4.88. The Labute approximate surface area is 109 Å². The van der Waals surface area contributed by atoms with Gasteiger partial charge < -0.3 is 0 Å². The summed E-state index contributed by atoms with van der Waals surface area (Å²) >= 11 is 3.41. The molecule has 3 nitrogen and oxygen atoms in total.